The fraction of sp³-hybridized carbons (Fsp3) is 0.0833. The smallest absolute Gasteiger partial charge is 0.146 e. The summed E-state index contributed by atoms with van der Waals surface area (Å²) in [6.45, 7) is 0. The molecule has 17 heavy (non-hydrogen) atoms. The number of halogens is 3. The average molecular weight is 300 g/mol. The Morgan fingerprint density at radius 3 is 2.65 bits per heavy atom. The lowest BCUT2D eigenvalue weighted by molar-refractivity contribution is 0.208. The molecule has 0 radical (unpaired) electrons. The van der Waals surface area contributed by atoms with Crippen LogP contribution in [0.25, 0.3) is 0 Å². The summed E-state index contributed by atoms with van der Waals surface area (Å²) in [4.78, 5) is 3.80. The van der Waals surface area contributed by atoms with Crippen molar-refractivity contribution < 1.29 is 13.9 Å². The molecule has 1 aromatic heterocycles. The molecule has 0 aliphatic carbocycles. The van der Waals surface area contributed by atoms with Crippen LogP contribution in [0.4, 0.5) is 8.78 Å². The van der Waals surface area contributed by atoms with Crippen molar-refractivity contribution in [2.45, 2.75) is 6.10 Å². The van der Waals surface area contributed by atoms with Gasteiger partial charge in [-0.1, -0.05) is 6.07 Å². The first-order valence-corrected chi connectivity index (χ1v) is 5.62. The van der Waals surface area contributed by atoms with Gasteiger partial charge in [-0.25, -0.2) is 8.78 Å². The van der Waals surface area contributed by atoms with Crippen LogP contribution >= 0.6 is 15.9 Å². The second-order valence-electron chi connectivity index (χ2n) is 3.45. The minimum Gasteiger partial charge on any atom is -0.383 e. The minimum absolute atomic E-state index is 0.108. The van der Waals surface area contributed by atoms with Gasteiger partial charge < -0.3 is 5.11 Å². The summed E-state index contributed by atoms with van der Waals surface area (Å²) in [6, 6.07) is 5.50. The van der Waals surface area contributed by atoms with Gasteiger partial charge in [0.05, 0.1) is 10.0 Å². The number of hydrogen-bond donors (Lipinski definition) is 1. The van der Waals surface area contributed by atoms with E-state index in [-0.39, 0.29) is 10.0 Å². The van der Waals surface area contributed by atoms with Crippen molar-refractivity contribution in [3.63, 3.8) is 0 Å². The van der Waals surface area contributed by atoms with Crippen molar-refractivity contribution >= 4 is 15.9 Å². The molecule has 0 saturated carbocycles. The van der Waals surface area contributed by atoms with Crippen molar-refractivity contribution in [1.82, 2.24) is 4.98 Å². The Labute approximate surface area is 105 Å². The highest BCUT2D eigenvalue weighted by Gasteiger charge is 2.21. The van der Waals surface area contributed by atoms with E-state index in [1.165, 1.54) is 18.5 Å². The van der Waals surface area contributed by atoms with E-state index >= 15 is 0 Å². The first-order valence-electron chi connectivity index (χ1n) is 4.82. The van der Waals surface area contributed by atoms with Crippen LogP contribution in [0.5, 0.6) is 0 Å². The zero-order valence-corrected chi connectivity index (χ0v) is 10.2. The van der Waals surface area contributed by atoms with Crippen molar-refractivity contribution in [2.75, 3.05) is 0 Å². The number of aliphatic hydroxyl groups excluding tert-OH is 1. The molecule has 2 rings (SSSR count). The standard InChI is InChI=1S/C12H8BrF2NO/c13-8-3-4-9(14)10(11(8)15)12(17)7-2-1-5-16-6-7/h1-6,12,17H. The molecule has 1 unspecified atom stereocenters. The fourth-order valence-electron chi connectivity index (χ4n) is 1.50. The third-order valence-electron chi connectivity index (χ3n) is 2.35. The number of rotatable bonds is 2. The number of aromatic nitrogens is 1. The van der Waals surface area contributed by atoms with Gasteiger partial charge in [-0.05, 0) is 34.1 Å². The molecule has 0 amide bonds. The molecule has 88 valence electrons. The van der Waals surface area contributed by atoms with Crippen molar-refractivity contribution in [2.24, 2.45) is 0 Å². The van der Waals surface area contributed by atoms with E-state index in [1.807, 2.05) is 0 Å². The van der Waals surface area contributed by atoms with E-state index in [1.54, 1.807) is 12.1 Å². The lowest BCUT2D eigenvalue weighted by atomic mass is 10.0. The number of hydrogen-bond acceptors (Lipinski definition) is 2. The summed E-state index contributed by atoms with van der Waals surface area (Å²) in [5, 5.41) is 9.94. The predicted molar refractivity (Wildman–Crippen MR) is 62.4 cm³/mol. The minimum atomic E-state index is -1.37. The van der Waals surface area contributed by atoms with Crippen LogP contribution in [0, 0.1) is 11.6 Å². The Balaban J connectivity index is 2.51. The number of pyridine rings is 1. The third kappa shape index (κ3) is 2.35. The average Bonchev–Trinajstić information content (AvgIpc) is 2.35. The molecule has 0 saturated heterocycles. The highest BCUT2D eigenvalue weighted by atomic mass is 79.9. The Morgan fingerprint density at radius 2 is 2.00 bits per heavy atom. The first-order chi connectivity index (χ1) is 8.11. The first kappa shape index (κ1) is 12.1. The molecule has 2 nitrogen and oxygen atoms in total. The molecule has 1 aromatic carbocycles. The summed E-state index contributed by atoms with van der Waals surface area (Å²) >= 11 is 2.95. The molecule has 1 heterocycles. The van der Waals surface area contributed by atoms with Crippen LogP contribution in [0.1, 0.15) is 17.2 Å². The Hall–Kier alpha value is -1.33. The van der Waals surface area contributed by atoms with E-state index < -0.39 is 17.7 Å². The maximum absolute atomic E-state index is 13.7. The fourth-order valence-corrected chi connectivity index (χ4v) is 1.84. The topological polar surface area (TPSA) is 33.1 Å². The van der Waals surface area contributed by atoms with Crippen LogP contribution in [0.15, 0.2) is 41.1 Å². The number of aliphatic hydroxyl groups is 1. The van der Waals surface area contributed by atoms with Crippen LogP contribution in [-0.2, 0) is 0 Å². The van der Waals surface area contributed by atoms with Gasteiger partial charge >= 0.3 is 0 Å². The summed E-state index contributed by atoms with van der Waals surface area (Å²) in [6.07, 6.45) is 1.51. The SMILES string of the molecule is OC(c1cccnc1)c1c(F)ccc(Br)c1F. The van der Waals surface area contributed by atoms with Gasteiger partial charge in [-0.2, -0.15) is 0 Å². The number of nitrogens with zero attached hydrogens (tertiary/aromatic N) is 1. The molecule has 0 aliphatic rings. The summed E-state index contributed by atoms with van der Waals surface area (Å²) in [5.74, 6) is -1.59. The molecule has 1 N–H and O–H groups in total. The molecule has 0 fully saturated rings. The zero-order valence-electron chi connectivity index (χ0n) is 8.57. The normalized spacial score (nSPS) is 12.5. The Kier molecular flexibility index (Phi) is 3.49. The van der Waals surface area contributed by atoms with Crippen LogP contribution < -0.4 is 0 Å². The predicted octanol–water partition coefficient (Wildman–Crippen LogP) is 3.20. The molecule has 1 atom stereocenters. The zero-order chi connectivity index (χ0) is 12.4. The lowest BCUT2D eigenvalue weighted by Crippen LogP contribution is -2.06. The van der Waals surface area contributed by atoms with Crippen molar-refractivity contribution in [3.05, 3.63) is 63.9 Å². The van der Waals surface area contributed by atoms with E-state index in [2.05, 4.69) is 20.9 Å². The van der Waals surface area contributed by atoms with Crippen molar-refractivity contribution in [3.8, 4) is 0 Å². The van der Waals surface area contributed by atoms with Crippen LogP contribution in [0.2, 0.25) is 0 Å². The molecule has 0 bridgehead atoms. The molecule has 0 aliphatic heterocycles. The van der Waals surface area contributed by atoms with Crippen LogP contribution in [-0.4, -0.2) is 10.1 Å². The monoisotopic (exact) mass is 299 g/mol. The summed E-state index contributed by atoms with van der Waals surface area (Å²) < 4.78 is 27.4. The van der Waals surface area contributed by atoms with Gasteiger partial charge in [0, 0.05) is 18.0 Å². The van der Waals surface area contributed by atoms with Gasteiger partial charge in [0.1, 0.15) is 17.7 Å². The summed E-state index contributed by atoms with van der Waals surface area (Å²) in [5.41, 5.74) is -0.0456. The van der Waals surface area contributed by atoms with Gasteiger partial charge in [0.15, 0.2) is 0 Å². The summed E-state index contributed by atoms with van der Waals surface area (Å²) in [7, 11) is 0. The molecule has 0 spiro atoms. The van der Waals surface area contributed by atoms with E-state index in [9.17, 15) is 13.9 Å². The highest BCUT2D eigenvalue weighted by Crippen LogP contribution is 2.30. The lowest BCUT2D eigenvalue weighted by Gasteiger charge is -2.13. The second kappa shape index (κ2) is 4.89. The van der Waals surface area contributed by atoms with Gasteiger partial charge in [0.25, 0.3) is 0 Å². The molecular weight excluding hydrogens is 292 g/mol. The maximum atomic E-state index is 13.7. The third-order valence-corrected chi connectivity index (χ3v) is 2.97. The quantitative estimate of drug-likeness (QED) is 0.864. The largest absolute Gasteiger partial charge is 0.383 e. The highest BCUT2D eigenvalue weighted by molar-refractivity contribution is 9.10. The van der Waals surface area contributed by atoms with Crippen molar-refractivity contribution in [1.29, 1.82) is 0 Å². The van der Waals surface area contributed by atoms with E-state index in [4.69, 9.17) is 0 Å². The molecular formula is C12H8BrF2NO. The van der Waals surface area contributed by atoms with E-state index in [0.29, 0.717) is 5.56 Å². The van der Waals surface area contributed by atoms with Crippen LogP contribution in [0.3, 0.4) is 0 Å². The molecule has 2 aromatic rings. The van der Waals surface area contributed by atoms with Gasteiger partial charge in [-0.15, -0.1) is 0 Å². The Morgan fingerprint density at radius 1 is 1.24 bits per heavy atom. The molecule has 5 heteroatoms. The van der Waals surface area contributed by atoms with Gasteiger partial charge in [-0.3, -0.25) is 4.98 Å². The number of benzene rings is 1. The van der Waals surface area contributed by atoms with E-state index in [0.717, 1.165) is 6.07 Å². The maximum Gasteiger partial charge on any atom is 0.146 e. The second-order valence-corrected chi connectivity index (χ2v) is 4.30. The van der Waals surface area contributed by atoms with Gasteiger partial charge in [0.2, 0.25) is 0 Å². The Bertz CT molecular complexity index is 534.